The standard InChI is InChI=1S/C17H16FNO/c18-13-1-2-17-16(9-13)15(3-4-19-17)12-5-10-7-14(20)8-11(10)6-12/h1-4,9-12H,5-8H2/t10-,11?,12?/m1/s1. The summed E-state index contributed by atoms with van der Waals surface area (Å²) in [7, 11) is 0. The Labute approximate surface area is 117 Å². The Balaban J connectivity index is 1.73. The summed E-state index contributed by atoms with van der Waals surface area (Å²) < 4.78 is 13.5. The van der Waals surface area contributed by atoms with E-state index in [4.69, 9.17) is 0 Å². The number of fused-ring (bicyclic) bond motifs is 2. The fourth-order valence-corrected chi connectivity index (χ4v) is 4.13. The van der Waals surface area contributed by atoms with Gasteiger partial charge in [-0.1, -0.05) is 0 Å². The predicted molar refractivity (Wildman–Crippen MR) is 74.9 cm³/mol. The highest BCUT2D eigenvalue weighted by atomic mass is 19.1. The van der Waals surface area contributed by atoms with Crippen molar-refractivity contribution in [3.05, 3.63) is 41.8 Å². The minimum atomic E-state index is -0.208. The topological polar surface area (TPSA) is 30.0 Å². The van der Waals surface area contributed by atoms with Gasteiger partial charge in [0.05, 0.1) is 5.52 Å². The van der Waals surface area contributed by atoms with Crippen LogP contribution in [0.1, 0.15) is 37.2 Å². The van der Waals surface area contributed by atoms with Crippen LogP contribution in [0.3, 0.4) is 0 Å². The number of pyridine rings is 1. The average Bonchev–Trinajstić information content (AvgIpc) is 2.95. The van der Waals surface area contributed by atoms with Crippen molar-refractivity contribution in [1.82, 2.24) is 4.98 Å². The minimum absolute atomic E-state index is 0.208. The Hall–Kier alpha value is -1.77. The molecule has 2 unspecified atom stereocenters. The number of hydrogen-bond acceptors (Lipinski definition) is 2. The Morgan fingerprint density at radius 3 is 2.60 bits per heavy atom. The van der Waals surface area contributed by atoms with E-state index in [1.54, 1.807) is 12.1 Å². The minimum Gasteiger partial charge on any atom is -0.300 e. The van der Waals surface area contributed by atoms with Crippen molar-refractivity contribution < 1.29 is 9.18 Å². The SMILES string of the molecule is O=C1CC2CC(c3ccnc4ccc(F)cc34)C[C@@H]2C1. The lowest BCUT2D eigenvalue weighted by atomic mass is 9.92. The molecule has 2 aliphatic carbocycles. The second-order valence-electron chi connectivity index (χ2n) is 6.20. The summed E-state index contributed by atoms with van der Waals surface area (Å²) in [5.41, 5.74) is 2.06. The maximum atomic E-state index is 13.5. The highest BCUT2D eigenvalue weighted by Gasteiger charge is 2.41. The van der Waals surface area contributed by atoms with E-state index in [9.17, 15) is 9.18 Å². The molecule has 3 atom stereocenters. The highest BCUT2D eigenvalue weighted by molar-refractivity contribution is 5.83. The normalized spacial score (nSPS) is 29.1. The molecule has 0 radical (unpaired) electrons. The predicted octanol–water partition coefficient (Wildman–Crippen LogP) is 3.85. The van der Waals surface area contributed by atoms with Gasteiger partial charge in [0.15, 0.2) is 0 Å². The van der Waals surface area contributed by atoms with Gasteiger partial charge in [-0.3, -0.25) is 9.78 Å². The van der Waals surface area contributed by atoms with Gasteiger partial charge < -0.3 is 0 Å². The first-order chi connectivity index (χ1) is 9.70. The van der Waals surface area contributed by atoms with Crippen molar-refractivity contribution in [3.63, 3.8) is 0 Å². The van der Waals surface area contributed by atoms with Crippen LogP contribution < -0.4 is 0 Å². The molecule has 1 aromatic heterocycles. The van der Waals surface area contributed by atoms with E-state index in [-0.39, 0.29) is 5.82 Å². The Morgan fingerprint density at radius 1 is 1.10 bits per heavy atom. The van der Waals surface area contributed by atoms with Gasteiger partial charge in [-0.05, 0) is 60.4 Å². The molecule has 2 fully saturated rings. The van der Waals surface area contributed by atoms with Crippen LogP contribution in [0.2, 0.25) is 0 Å². The number of benzene rings is 1. The zero-order valence-electron chi connectivity index (χ0n) is 11.2. The number of aromatic nitrogens is 1. The molecule has 0 spiro atoms. The molecular formula is C17H16FNO. The molecule has 102 valence electrons. The van der Waals surface area contributed by atoms with Gasteiger partial charge in [-0.15, -0.1) is 0 Å². The maximum absolute atomic E-state index is 13.5. The number of nitrogens with zero attached hydrogens (tertiary/aromatic N) is 1. The Morgan fingerprint density at radius 2 is 1.85 bits per heavy atom. The number of carbonyl (C=O) groups is 1. The second-order valence-corrected chi connectivity index (χ2v) is 6.20. The van der Waals surface area contributed by atoms with Crippen molar-refractivity contribution in [2.24, 2.45) is 11.8 Å². The lowest BCUT2D eigenvalue weighted by molar-refractivity contribution is -0.117. The molecule has 2 saturated carbocycles. The van der Waals surface area contributed by atoms with Gasteiger partial charge in [0.25, 0.3) is 0 Å². The average molecular weight is 269 g/mol. The second kappa shape index (κ2) is 4.37. The first-order valence-electron chi connectivity index (χ1n) is 7.26. The molecular weight excluding hydrogens is 253 g/mol. The van der Waals surface area contributed by atoms with Crippen LogP contribution in [0, 0.1) is 17.7 Å². The number of ketones is 1. The zero-order valence-corrected chi connectivity index (χ0v) is 11.2. The van der Waals surface area contributed by atoms with Crippen LogP contribution in [-0.2, 0) is 4.79 Å². The number of rotatable bonds is 1. The highest BCUT2D eigenvalue weighted by Crippen LogP contribution is 2.50. The van der Waals surface area contributed by atoms with E-state index in [0.29, 0.717) is 23.5 Å². The molecule has 0 aliphatic heterocycles. The van der Waals surface area contributed by atoms with E-state index in [1.165, 1.54) is 11.6 Å². The van der Waals surface area contributed by atoms with Gasteiger partial charge in [0, 0.05) is 24.4 Å². The summed E-state index contributed by atoms with van der Waals surface area (Å²) in [5, 5.41) is 0.934. The maximum Gasteiger partial charge on any atom is 0.133 e. The molecule has 2 nitrogen and oxygen atoms in total. The van der Waals surface area contributed by atoms with E-state index in [1.807, 2.05) is 12.3 Å². The molecule has 3 heteroatoms. The fraction of sp³-hybridized carbons (Fsp3) is 0.412. The van der Waals surface area contributed by atoms with Crippen molar-refractivity contribution in [1.29, 1.82) is 0 Å². The number of Topliss-reactive ketones (excluding diaryl/α,β-unsaturated/α-hetero) is 1. The van der Waals surface area contributed by atoms with Crippen LogP contribution >= 0.6 is 0 Å². The fourth-order valence-electron chi connectivity index (χ4n) is 4.13. The van der Waals surface area contributed by atoms with Crippen molar-refractivity contribution in [2.75, 3.05) is 0 Å². The van der Waals surface area contributed by atoms with E-state index in [2.05, 4.69) is 4.98 Å². The third-order valence-corrected chi connectivity index (χ3v) is 5.00. The lowest BCUT2D eigenvalue weighted by Crippen LogP contribution is -2.00. The summed E-state index contributed by atoms with van der Waals surface area (Å²) in [4.78, 5) is 15.8. The molecule has 0 bridgehead atoms. The van der Waals surface area contributed by atoms with Crippen molar-refractivity contribution in [3.8, 4) is 0 Å². The van der Waals surface area contributed by atoms with Crippen LogP contribution in [0.15, 0.2) is 30.5 Å². The molecule has 4 rings (SSSR count). The van der Waals surface area contributed by atoms with E-state index >= 15 is 0 Å². The number of hydrogen-bond donors (Lipinski definition) is 0. The van der Waals surface area contributed by atoms with Crippen LogP contribution in [-0.4, -0.2) is 10.8 Å². The van der Waals surface area contributed by atoms with Crippen LogP contribution in [0.5, 0.6) is 0 Å². The molecule has 0 amide bonds. The summed E-state index contributed by atoms with van der Waals surface area (Å²) in [6.07, 6.45) is 5.43. The van der Waals surface area contributed by atoms with E-state index in [0.717, 1.165) is 36.6 Å². The van der Waals surface area contributed by atoms with Crippen molar-refractivity contribution in [2.45, 2.75) is 31.6 Å². The van der Waals surface area contributed by atoms with Gasteiger partial charge in [0.1, 0.15) is 11.6 Å². The third kappa shape index (κ3) is 1.84. The summed E-state index contributed by atoms with van der Waals surface area (Å²) in [6, 6.07) is 6.82. The van der Waals surface area contributed by atoms with Crippen molar-refractivity contribution >= 4 is 16.7 Å². The molecule has 2 aliphatic rings. The molecule has 1 heterocycles. The van der Waals surface area contributed by atoms with Crippen LogP contribution in [0.25, 0.3) is 10.9 Å². The third-order valence-electron chi connectivity index (χ3n) is 5.00. The van der Waals surface area contributed by atoms with Gasteiger partial charge in [0.2, 0.25) is 0 Å². The van der Waals surface area contributed by atoms with Gasteiger partial charge in [-0.2, -0.15) is 0 Å². The van der Waals surface area contributed by atoms with Gasteiger partial charge in [-0.25, -0.2) is 4.39 Å². The number of halogens is 1. The Bertz CT molecular complexity index is 680. The summed E-state index contributed by atoms with van der Waals surface area (Å²) >= 11 is 0. The monoisotopic (exact) mass is 269 g/mol. The molecule has 2 aromatic rings. The molecule has 1 aromatic carbocycles. The lowest BCUT2D eigenvalue weighted by Gasteiger charge is -2.14. The molecule has 0 saturated heterocycles. The largest absolute Gasteiger partial charge is 0.300 e. The first kappa shape index (κ1) is 12.0. The smallest absolute Gasteiger partial charge is 0.133 e. The van der Waals surface area contributed by atoms with Gasteiger partial charge >= 0.3 is 0 Å². The van der Waals surface area contributed by atoms with E-state index < -0.39 is 0 Å². The number of carbonyl (C=O) groups excluding carboxylic acids is 1. The molecule has 20 heavy (non-hydrogen) atoms. The molecule has 0 N–H and O–H groups in total. The zero-order chi connectivity index (χ0) is 13.7. The first-order valence-corrected chi connectivity index (χ1v) is 7.26. The Kier molecular flexibility index (Phi) is 2.62. The summed E-state index contributed by atoms with van der Waals surface area (Å²) in [6.45, 7) is 0. The van der Waals surface area contributed by atoms with Crippen LogP contribution in [0.4, 0.5) is 4.39 Å². The summed E-state index contributed by atoms with van der Waals surface area (Å²) in [5.74, 6) is 1.75. The quantitative estimate of drug-likeness (QED) is 0.787.